The second-order valence-corrected chi connectivity index (χ2v) is 9.83. The number of nitrogens with zero attached hydrogens (tertiary/aromatic N) is 3. The van der Waals surface area contributed by atoms with Crippen molar-refractivity contribution in [2.45, 2.75) is 12.0 Å². The van der Waals surface area contributed by atoms with Gasteiger partial charge in [0.25, 0.3) is 17.6 Å². The van der Waals surface area contributed by atoms with E-state index in [1.165, 1.54) is 9.80 Å². The number of carbonyl (C=O) groups excluding carboxylic acids is 3. The van der Waals surface area contributed by atoms with Gasteiger partial charge in [0.2, 0.25) is 0 Å². The normalized spacial score (nSPS) is 24.0. The number of ketones is 1. The summed E-state index contributed by atoms with van der Waals surface area (Å²) in [7, 11) is 1.63. The van der Waals surface area contributed by atoms with Crippen molar-refractivity contribution < 1.29 is 24.2 Å². The molecule has 0 radical (unpaired) electrons. The second-order valence-electron chi connectivity index (χ2n) is 8.92. The average Bonchev–Trinajstić information content (AvgIpc) is 3.23. The quantitative estimate of drug-likeness (QED) is 0.357. The van der Waals surface area contributed by atoms with E-state index in [-0.39, 0.29) is 17.9 Å². The highest BCUT2D eigenvalue weighted by Crippen LogP contribution is 2.53. The van der Waals surface area contributed by atoms with E-state index < -0.39 is 23.1 Å². The minimum absolute atomic E-state index is 0.182. The Morgan fingerprint density at radius 2 is 1.71 bits per heavy atom. The van der Waals surface area contributed by atoms with E-state index in [9.17, 15) is 19.5 Å². The van der Waals surface area contributed by atoms with Crippen molar-refractivity contribution in [3.8, 4) is 0 Å². The topological polar surface area (TPSA) is 90.4 Å². The van der Waals surface area contributed by atoms with E-state index in [0.29, 0.717) is 43.0 Å². The molecule has 2 fully saturated rings. The molecule has 0 aliphatic carbocycles. The van der Waals surface area contributed by atoms with Crippen molar-refractivity contribution in [1.29, 1.82) is 0 Å². The predicted molar refractivity (Wildman–Crippen MR) is 134 cm³/mol. The monoisotopic (exact) mass is 539 g/mol. The predicted octanol–water partition coefficient (Wildman–Crippen LogP) is 2.72. The van der Waals surface area contributed by atoms with Crippen LogP contribution in [-0.4, -0.2) is 78.9 Å². The fourth-order valence-electron chi connectivity index (χ4n) is 5.30. The number of hydrogen-bond donors (Lipinski definition) is 1. The molecule has 2 saturated heterocycles. The number of carbonyl (C=O) groups is 3. The van der Waals surface area contributed by atoms with Gasteiger partial charge in [0.05, 0.1) is 18.8 Å². The zero-order valence-electron chi connectivity index (χ0n) is 19.4. The van der Waals surface area contributed by atoms with Crippen molar-refractivity contribution in [1.82, 2.24) is 9.80 Å². The summed E-state index contributed by atoms with van der Waals surface area (Å²) in [6.07, 6.45) is 0.576. The van der Waals surface area contributed by atoms with Crippen LogP contribution >= 0.6 is 15.9 Å². The number of halogens is 1. The summed E-state index contributed by atoms with van der Waals surface area (Å²) < 4.78 is 6.20. The van der Waals surface area contributed by atoms with Gasteiger partial charge in [-0.15, -0.1) is 0 Å². The van der Waals surface area contributed by atoms with E-state index in [1.807, 2.05) is 0 Å². The maximum absolute atomic E-state index is 14.0. The number of aliphatic hydroxyl groups excluding tert-OH is 1. The molecular weight excluding hydrogens is 514 g/mol. The first-order valence-corrected chi connectivity index (χ1v) is 12.4. The highest BCUT2D eigenvalue weighted by atomic mass is 79.9. The lowest BCUT2D eigenvalue weighted by Crippen LogP contribution is -2.52. The summed E-state index contributed by atoms with van der Waals surface area (Å²) in [5, 5.41) is 11.4. The third-order valence-electron chi connectivity index (χ3n) is 7.02. The Labute approximate surface area is 211 Å². The number of hydrogen-bond acceptors (Lipinski definition) is 6. The molecule has 1 unspecified atom stereocenters. The fourth-order valence-corrected chi connectivity index (χ4v) is 5.56. The maximum Gasteiger partial charge on any atom is 0.296 e. The third kappa shape index (κ3) is 3.69. The Hall–Kier alpha value is -3.01. The number of Topliss-reactive ketones (excluding diaryl/α,β-unsaturated/α-hetero) is 1. The second kappa shape index (κ2) is 9.22. The molecule has 3 aliphatic heterocycles. The van der Waals surface area contributed by atoms with Crippen LogP contribution in [-0.2, 0) is 24.7 Å². The largest absolute Gasteiger partial charge is 0.507 e. The third-order valence-corrected chi connectivity index (χ3v) is 7.55. The van der Waals surface area contributed by atoms with Crippen molar-refractivity contribution in [3.63, 3.8) is 0 Å². The number of amides is 2. The summed E-state index contributed by atoms with van der Waals surface area (Å²) in [5.41, 5.74) is -0.394. The number of rotatable bonds is 5. The van der Waals surface area contributed by atoms with Gasteiger partial charge in [0, 0.05) is 54.5 Å². The first-order valence-electron chi connectivity index (χ1n) is 11.6. The first-order chi connectivity index (χ1) is 16.9. The van der Waals surface area contributed by atoms with Crippen LogP contribution in [0.1, 0.15) is 17.5 Å². The average molecular weight is 540 g/mol. The smallest absolute Gasteiger partial charge is 0.296 e. The number of benzene rings is 2. The number of fused-ring (bicyclic) bond motifs is 2. The number of ether oxygens (including phenoxy) is 1. The van der Waals surface area contributed by atoms with Crippen molar-refractivity contribution >= 4 is 45.0 Å². The van der Waals surface area contributed by atoms with Crippen molar-refractivity contribution in [3.05, 3.63) is 69.7 Å². The minimum atomic E-state index is -1.71. The Bertz CT molecular complexity index is 1220. The molecule has 0 bridgehead atoms. The molecule has 3 heterocycles. The molecule has 3 aliphatic rings. The molecule has 8 nitrogen and oxygen atoms in total. The van der Waals surface area contributed by atoms with Crippen LogP contribution < -0.4 is 4.90 Å². The Kier molecular flexibility index (Phi) is 6.25. The van der Waals surface area contributed by atoms with Crippen molar-refractivity contribution in [2.75, 3.05) is 51.3 Å². The summed E-state index contributed by atoms with van der Waals surface area (Å²) in [5.74, 6) is -2.41. The highest BCUT2D eigenvalue weighted by Gasteiger charge is 2.66. The molecular formula is C26H26BrN3O5. The van der Waals surface area contributed by atoms with Gasteiger partial charge in [0.1, 0.15) is 5.76 Å². The first kappa shape index (κ1) is 23.7. The van der Waals surface area contributed by atoms with Crippen LogP contribution in [0.25, 0.3) is 5.76 Å². The summed E-state index contributed by atoms with van der Waals surface area (Å²) in [4.78, 5) is 45.9. The molecule has 5 rings (SSSR count). The lowest BCUT2D eigenvalue weighted by atomic mass is 9.82. The Balaban J connectivity index is 1.63. The van der Waals surface area contributed by atoms with Gasteiger partial charge in [-0.3, -0.25) is 19.3 Å². The minimum Gasteiger partial charge on any atom is -0.507 e. The van der Waals surface area contributed by atoms with Gasteiger partial charge in [-0.2, -0.15) is 0 Å². The molecule has 1 spiro atoms. The number of morpholine rings is 1. The van der Waals surface area contributed by atoms with E-state index in [0.717, 1.165) is 17.6 Å². The SMILES string of the molecule is CN1C(=O)C2(/C(=C(/O)c3ccc(Br)cc3)C(=O)C(=O)N2CCCN2CCOCC2)c2ccccc21. The van der Waals surface area contributed by atoms with Crippen LogP contribution in [0.5, 0.6) is 0 Å². The van der Waals surface area contributed by atoms with E-state index in [2.05, 4.69) is 20.8 Å². The maximum atomic E-state index is 14.0. The van der Waals surface area contributed by atoms with E-state index in [1.54, 1.807) is 55.6 Å². The highest BCUT2D eigenvalue weighted by molar-refractivity contribution is 9.10. The molecule has 1 atom stereocenters. The number of para-hydroxylation sites is 1. The van der Waals surface area contributed by atoms with Gasteiger partial charge >= 0.3 is 0 Å². The Morgan fingerprint density at radius 1 is 1.03 bits per heavy atom. The zero-order chi connectivity index (χ0) is 24.7. The van der Waals surface area contributed by atoms with Gasteiger partial charge in [0.15, 0.2) is 5.54 Å². The number of aliphatic hydroxyl groups is 1. The molecule has 2 amide bonds. The molecule has 1 N–H and O–H groups in total. The number of likely N-dealkylation sites (N-methyl/N-ethyl adjacent to an activating group) is 1. The van der Waals surface area contributed by atoms with Gasteiger partial charge in [-0.25, -0.2) is 0 Å². The summed E-state index contributed by atoms with van der Waals surface area (Å²) in [6, 6.07) is 13.9. The number of likely N-dealkylation sites (tertiary alicyclic amines) is 1. The van der Waals surface area contributed by atoms with Crippen LogP contribution in [0.4, 0.5) is 5.69 Å². The lowest BCUT2D eigenvalue weighted by molar-refractivity contribution is -0.143. The van der Waals surface area contributed by atoms with Crippen LogP contribution in [0, 0.1) is 0 Å². The van der Waals surface area contributed by atoms with Crippen molar-refractivity contribution in [2.24, 2.45) is 0 Å². The van der Waals surface area contributed by atoms with Gasteiger partial charge in [-0.05, 0) is 24.6 Å². The molecule has 0 saturated carbocycles. The molecule has 2 aromatic rings. The molecule has 182 valence electrons. The van der Waals surface area contributed by atoms with Crippen LogP contribution in [0.15, 0.2) is 58.6 Å². The van der Waals surface area contributed by atoms with E-state index >= 15 is 0 Å². The van der Waals surface area contributed by atoms with Gasteiger partial charge in [-0.1, -0.05) is 46.3 Å². The molecule has 9 heteroatoms. The zero-order valence-corrected chi connectivity index (χ0v) is 21.0. The summed E-state index contributed by atoms with van der Waals surface area (Å²) in [6.45, 7) is 3.84. The molecule has 2 aromatic carbocycles. The van der Waals surface area contributed by atoms with Crippen LogP contribution in [0.2, 0.25) is 0 Å². The van der Waals surface area contributed by atoms with Crippen LogP contribution in [0.3, 0.4) is 0 Å². The summed E-state index contributed by atoms with van der Waals surface area (Å²) >= 11 is 3.37. The standard InChI is InChI=1S/C26H26BrN3O5/c1-28-20-6-3-2-5-19(20)26(25(28)34)21(22(31)17-7-9-18(27)10-8-17)23(32)24(33)30(26)12-4-11-29-13-15-35-16-14-29/h2-3,5-10,31H,4,11-16H2,1H3/b22-21+. The Morgan fingerprint density at radius 3 is 2.43 bits per heavy atom. The molecule has 35 heavy (non-hydrogen) atoms. The molecule has 0 aromatic heterocycles. The fraction of sp³-hybridized carbons (Fsp3) is 0.346. The van der Waals surface area contributed by atoms with Gasteiger partial charge < -0.3 is 19.6 Å². The lowest BCUT2D eigenvalue weighted by Gasteiger charge is -2.35. The number of anilines is 1. The van der Waals surface area contributed by atoms with E-state index in [4.69, 9.17) is 4.74 Å².